The van der Waals surface area contributed by atoms with E-state index in [1.807, 2.05) is 6.07 Å². The molecule has 17 heavy (non-hydrogen) atoms. The van der Waals surface area contributed by atoms with E-state index in [1.165, 1.54) is 13.2 Å². The van der Waals surface area contributed by atoms with E-state index < -0.39 is 6.16 Å². The van der Waals surface area contributed by atoms with E-state index in [-0.39, 0.29) is 27.1 Å². The largest absolute Gasteiger partial charge is 0.511 e. The molecule has 0 bridgehead atoms. The first-order chi connectivity index (χ1) is 8.04. The van der Waals surface area contributed by atoms with E-state index in [2.05, 4.69) is 20.7 Å². The van der Waals surface area contributed by atoms with Crippen LogP contribution in [0.25, 0.3) is 0 Å². The molecule has 0 spiro atoms. The van der Waals surface area contributed by atoms with Gasteiger partial charge in [-0.25, -0.2) is 4.79 Å². The molecule has 1 aromatic rings. The summed E-state index contributed by atoms with van der Waals surface area (Å²) in [6.45, 7) is 0. The van der Waals surface area contributed by atoms with Crippen molar-refractivity contribution < 1.29 is 19.4 Å². The summed E-state index contributed by atoms with van der Waals surface area (Å²) in [5.41, 5.74) is 0.0411. The number of halogens is 1. The minimum Gasteiger partial charge on any atom is -0.493 e. The zero-order valence-corrected chi connectivity index (χ0v) is 10.1. The van der Waals surface area contributed by atoms with Crippen LogP contribution in [-0.2, 0) is 0 Å². The molecule has 6 nitrogen and oxygen atoms in total. The van der Waals surface area contributed by atoms with E-state index in [0.717, 1.165) is 0 Å². The Bertz CT molecular complexity index is 557. The first-order valence-corrected chi connectivity index (χ1v) is 4.95. The van der Waals surface area contributed by atoms with Gasteiger partial charge in [0.05, 0.1) is 17.1 Å². The molecule has 0 aliphatic carbocycles. The number of rotatable bonds is 2. The maximum Gasteiger partial charge on any atom is 0.511 e. The lowest BCUT2D eigenvalue weighted by Crippen LogP contribution is -2.07. The molecule has 0 amide bonds. The summed E-state index contributed by atoms with van der Waals surface area (Å²) < 4.78 is 9.51. The van der Waals surface area contributed by atoms with E-state index in [0.29, 0.717) is 0 Å². The van der Waals surface area contributed by atoms with E-state index in [4.69, 9.17) is 20.4 Å². The number of carboxylic acid groups (broad SMARTS) is 1. The van der Waals surface area contributed by atoms with E-state index >= 15 is 0 Å². The third kappa shape index (κ3) is 2.47. The minimum absolute atomic E-state index is 0.00343. The molecule has 0 heterocycles. The summed E-state index contributed by atoms with van der Waals surface area (Å²) in [5, 5.41) is 26.3. The van der Waals surface area contributed by atoms with Crippen molar-refractivity contribution in [2.45, 2.75) is 0 Å². The SMILES string of the molecule is COc1cc(C#N)c(Br)c(C#N)c1OC(=O)O. The Kier molecular flexibility index (Phi) is 3.91. The minimum atomic E-state index is -1.57. The van der Waals surface area contributed by atoms with Gasteiger partial charge in [-0.05, 0) is 15.9 Å². The van der Waals surface area contributed by atoms with Crippen LogP contribution in [-0.4, -0.2) is 18.4 Å². The number of hydrogen-bond acceptors (Lipinski definition) is 5. The smallest absolute Gasteiger partial charge is 0.493 e. The van der Waals surface area contributed by atoms with Crippen LogP contribution in [0.3, 0.4) is 0 Å². The fourth-order valence-electron chi connectivity index (χ4n) is 1.14. The highest BCUT2D eigenvalue weighted by Crippen LogP contribution is 2.38. The lowest BCUT2D eigenvalue weighted by molar-refractivity contribution is 0.142. The van der Waals surface area contributed by atoms with Crippen LogP contribution < -0.4 is 9.47 Å². The van der Waals surface area contributed by atoms with Gasteiger partial charge in [-0.1, -0.05) is 0 Å². The van der Waals surface area contributed by atoms with Crippen LogP contribution in [0.1, 0.15) is 11.1 Å². The van der Waals surface area contributed by atoms with Gasteiger partial charge in [0, 0.05) is 6.07 Å². The fourth-order valence-corrected chi connectivity index (χ4v) is 1.61. The molecule has 0 atom stereocenters. The molecule has 0 fully saturated rings. The topological polar surface area (TPSA) is 103 Å². The van der Waals surface area contributed by atoms with Crippen LogP contribution >= 0.6 is 15.9 Å². The van der Waals surface area contributed by atoms with Crippen LogP contribution in [0.4, 0.5) is 4.79 Å². The van der Waals surface area contributed by atoms with Crippen LogP contribution in [0, 0.1) is 22.7 Å². The second-order valence-electron chi connectivity index (χ2n) is 2.74. The van der Waals surface area contributed by atoms with Crippen molar-refractivity contribution in [3.05, 3.63) is 21.7 Å². The van der Waals surface area contributed by atoms with Crippen LogP contribution in [0.5, 0.6) is 11.5 Å². The molecule has 0 aliphatic heterocycles. The normalized spacial score (nSPS) is 8.94. The Morgan fingerprint density at radius 2 is 2.12 bits per heavy atom. The van der Waals surface area contributed by atoms with Gasteiger partial charge >= 0.3 is 6.16 Å². The van der Waals surface area contributed by atoms with Crippen LogP contribution in [0.2, 0.25) is 0 Å². The van der Waals surface area contributed by atoms with Crippen LogP contribution in [0.15, 0.2) is 10.5 Å². The highest BCUT2D eigenvalue weighted by Gasteiger charge is 2.20. The molecule has 86 valence electrons. The molecular formula is C10H5BrN2O4. The first-order valence-electron chi connectivity index (χ1n) is 4.16. The van der Waals surface area contributed by atoms with Crippen molar-refractivity contribution in [3.63, 3.8) is 0 Å². The quantitative estimate of drug-likeness (QED) is 0.663. The molecule has 1 aromatic carbocycles. The molecular weight excluding hydrogens is 292 g/mol. The number of methoxy groups -OCH3 is 1. The number of hydrogen-bond donors (Lipinski definition) is 1. The summed E-state index contributed by atoms with van der Waals surface area (Å²) in [7, 11) is 1.28. The lowest BCUT2D eigenvalue weighted by atomic mass is 10.1. The molecule has 7 heteroatoms. The highest BCUT2D eigenvalue weighted by atomic mass is 79.9. The van der Waals surface area contributed by atoms with E-state index in [9.17, 15) is 4.79 Å². The van der Waals surface area contributed by atoms with Gasteiger partial charge in [-0.3, -0.25) is 0 Å². The summed E-state index contributed by atoms with van der Waals surface area (Å²) in [6, 6.07) is 4.88. The Hall–Kier alpha value is -2.25. The highest BCUT2D eigenvalue weighted by molar-refractivity contribution is 9.10. The van der Waals surface area contributed by atoms with Crippen molar-refractivity contribution in [2.24, 2.45) is 0 Å². The molecule has 0 radical (unpaired) electrons. The zero-order valence-electron chi connectivity index (χ0n) is 8.52. The average molecular weight is 297 g/mol. The number of nitriles is 2. The Morgan fingerprint density at radius 1 is 1.47 bits per heavy atom. The van der Waals surface area contributed by atoms with Gasteiger partial charge in [0.25, 0.3) is 0 Å². The lowest BCUT2D eigenvalue weighted by Gasteiger charge is -2.10. The second kappa shape index (κ2) is 5.19. The summed E-state index contributed by atoms with van der Waals surface area (Å²) >= 11 is 3.03. The Labute approximate surface area is 105 Å². The molecule has 1 N–H and O–H groups in total. The van der Waals surface area contributed by atoms with Gasteiger partial charge in [0.2, 0.25) is 0 Å². The third-order valence-electron chi connectivity index (χ3n) is 1.82. The van der Waals surface area contributed by atoms with Gasteiger partial charge in [0.15, 0.2) is 11.5 Å². The van der Waals surface area contributed by atoms with Crippen molar-refractivity contribution in [2.75, 3.05) is 7.11 Å². The number of nitrogens with zero attached hydrogens (tertiary/aromatic N) is 2. The zero-order chi connectivity index (χ0) is 13.0. The maximum absolute atomic E-state index is 10.5. The predicted molar refractivity (Wildman–Crippen MR) is 58.8 cm³/mol. The van der Waals surface area contributed by atoms with Gasteiger partial charge in [-0.15, -0.1) is 0 Å². The molecule has 0 unspecified atom stereocenters. The third-order valence-corrected chi connectivity index (χ3v) is 2.65. The maximum atomic E-state index is 10.5. The summed E-state index contributed by atoms with van der Waals surface area (Å²) in [5.74, 6) is -0.239. The standard InChI is InChI=1S/C10H5BrN2O4/c1-16-7-2-5(3-12)8(11)6(4-13)9(7)17-10(14)15/h2H,1H3,(H,14,15). The van der Waals surface area contributed by atoms with Crippen molar-refractivity contribution in [1.29, 1.82) is 10.5 Å². The van der Waals surface area contributed by atoms with E-state index in [1.54, 1.807) is 6.07 Å². The number of ether oxygens (including phenoxy) is 2. The van der Waals surface area contributed by atoms with Gasteiger partial charge in [-0.2, -0.15) is 10.5 Å². The molecule has 0 aromatic heterocycles. The molecule has 0 aliphatic rings. The summed E-state index contributed by atoms with van der Waals surface area (Å²) in [4.78, 5) is 10.5. The van der Waals surface area contributed by atoms with Crippen molar-refractivity contribution in [1.82, 2.24) is 0 Å². The van der Waals surface area contributed by atoms with Gasteiger partial charge in [0.1, 0.15) is 17.7 Å². The second-order valence-corrected chi connectivity index (χ2v) is 3.53. The van der Waals surface area contributed by atoms with Crippen molar-refractivity contribution >= 4 is 22.1 Å². The Morgan fingerprint density at radius 3 is 2.53 bits per heavy atom. The van der Waals surface area contributed by atoms with Crippen molar-refractivity contribution in [3.8, 4) is 23.6 Å². The number of benzene rings is 1. The predicted octanol–water partition coefficient (Wildman–Crippen LogP) is 2.26. The monoisotopic (exact) mass is 296 g/mol. The fraction of sp³-hybridized carbons (Fsp3) is 0.100. The first kappa shape index (κ1) is 12.8. The van der Waals surface area contributed by atoms with Gasteiger partial charge < -0.3 is 14.6 Å². The summed E-state index contributed by atoms with van der Waals surface area (Å²) in [6.07, 6.45) is -1.57. The average Bonchev–Trinajstić information content (AvgIpc) is 2.29. The number of carbonyl (C=O) groups is 1. The molecule has 1 rings (SSSR count). The molecule has 0 saturated carbocycles. The molecule has 0 saturated heterocycles. The Balaban J connectivity index is 3.57.